The van der Waals surface area contributed by atoms with Crippen LogP contribution >= 0.6 is 0 Å². The first-order valence-corrected chi connectivity index (χ1v) is 5.22. The number of fused-ring (bicyclic) bond motifs is 1. The summed E-state index contributed by atoms with van der Waals surface area (Å²) in [6.07, 6.45) is 0. The summed E-state index contributed by atoms with van der Waals surface area (Å²) >= 11 is 0. The molecule has 0 aliphatic rings. The number of carbonyl (C=O) groups is 2. The molecule has 0 unspecified atom stereocenters. The van der Waals surface area contributed by atoms with Crippen molar-refractivity contribution in [1.29, 1.82) is 0 Å². The molecule has 2 aromatic carbocycles. The van der Waals surface area contributed by atoms with E-state index in [1.54, 1.807) is 18.2 Å². The molecule has 2 amide bonds. The van der Waals surface area contributed by atoms with Gasteiger partial charge in [-0.3, -0.25) is 20.4 Å². The van der Waals surface area contributed by atoms with Crippen molar-refractivity contribution in [3.05, 3.63) is 47.5 Å². The molecule has 0 radical (unpaired) electrons. The molecule has 0 aliphatic heterocycles. The van der Waals surface area contributed by atoms with E-state index in [-0.39, 0.29) is 11.1 Å². The zero-order chi connectivity index (χ0) is 13.1. The fourth-order valence-corrected chi connectivity index (χ4v) is 1.86. The third-order valence-corrected chi connectivity index (χ3v) is 2.66. The third-order valence-electron chi connectivity index (χ3n) is 2.66. The van der Waals surface area contributed by atoms with Crippen LogP contribution in [0, 0.1) is 0 Å². The Morgan fingerprint density at radius 2 is 1.56 bits per heavy atom. The van der Waals surface area contributed by atoms with Crippen LogP contribution in [0.5, 0.6) is 0 Å². The van der Waals surface area contributed by atoms with E-state index in [0.29, 0.717) is 5.39 Å². The molecule has 0 fully saturated rings. The summed E-state index contributed by atoms with van der Waals surface area (Å²) in [6, 6.07) is 10.5. The van der Waals surface area contributed by atoms with E-state index in [0.717, 1.165) is 5.39 Å². The van der Waals surface area contributed by atoms with E-state index < -0.39 is 11.8 Å². The van der Waals surface area contributed by atoms with Crippen LogP contribution in [0.1, 0.15) is 20.7 Å². The van der Waals surface area contributed by atoms with Crippen molar-refractivity contribution in [3.63, 3.8) is 0 Å². The van der Waals surface area contributed by atoms with Crippen molar-refractivity contribution in [2.75, 3.05) is 0 Å². The van der Waals surface area contributed by atoms with Gasteiger partial charge in [-0.05, 0) is 16.8 Å². The Morgan fingerprint density at radius 3 is 2.22 bits per heavy atom. The lowest BCUT2D eigenvalue weighted by Crippen LogP contribution is -2.35. The summed E-state index contributed by atoms with van der Waals surface area (Å²) in [5.74, 6) is 9.16. The van der Waals surface area contributed by atoms with Gasteiger partial charge in [0.1, 0.15) is 0 Å². The molecule has 92 valence electrons. The maximum atomic E-state index is 11.8. The van der Waals surface area contributed by atoms with Gasteiger partial charge in [-0.2, -0.15) is 0 Å². The summed E-state index contributed by atoms with van der Waals surface area (Å²) in [6.45, 7) is 0. The van der Waals surface area contributed by atoms with Crippen molar-refractivity contribution in [2.24, 2.45) is 11.7 Å². The zero-order valence-corrected chi connectivity index (χ0v) is 9.44. The van der Waals surface area contributed by atoms with Gasteiger partial charge in [0, 0.05) is 0 Å². The number of nitrogen functional groups attached to an aromatic ring is 2. The van der Waals surface area contributed by atoms with Gasteiger partial charge >= 0.3 is 0 Å². The molecule has 18 heavy (non-hydrogen) atoms. The van der Waals surface area contributed by atoms with Gasteiger partial charge < -0.3 is 0 Å². The number of hydrogen-bond acceptors (Lipinski definition) is 4. The molecule has 0 aromatic heterocycles. The number of hydrazine groups is 2. The molecule has 0 saturated carbocycles. The Kier molecular flexibility index (Phi) is 3.22. The van der Waals surface area contributed by atoms with E-state index in [2.05, 4.69) is 0 Å². The highest BCUT2D eigenvalue weighted by Gasteiger charge is 2.18. The summed E-state index contributed by atoms with van der Waals surface area (Å²) in [5.41, 5.74) is 4.43. The molecule has 2 aromatic rings. The second kappa shape index (κ2) is 4.82. The quantitative estimate of drug-likeness (QED) is 0.340. The summed E-state index contributed by atoms with van der Waals surface area (Å²) in [5, 5.41) is 1.48. The number of hydrogen-bond donors (Lipinski definition) is 4. The third kappa shape index (κ3) is 1.90. The number of amides is 2. The first-order chi connectivity index (χ1) is 8.69. The van der Waals surface area contributed by atoms with E-state index in [1.165, 1.54) is 6.07 Å². The van der Waals surface area contributed by atoms with Crippen LogP contribution in [-0.2, 0) is 0 Å². The zero-order valence-electron chi connectivity index (χ0n) is 9.44. The fourth-order valence-electron chi connectivity index (χ4n) is 1.86. The molecular weight excluding hydrogens is 232 g/mol. The average Bonchev–Trinajstić information content (AvgIpc) is 2.44. The lowest BCUT2D eigenvalue weighted by molar-refractivity contribution is 0.0921. The molecule has 2 rings (SSSR count). The number of rotatable bonds is 2. The second-order valence-electron chi connectivity index (χ2n) is 3.66. The Labute approximate surface area is 103 Å². The number of nitrogens with one attached hydrogen (secondary N) is 2. The summed E-state index contributed by atoms with van der Waals surface area (Å²) in [7, 11) is 0. The minimum atomic E-state index is -0.542. The maximum Gasteiger partial charge on any atom is 0.266 e. The van der Waals surface area contributed by atoms with Gasteiger partial charge in [0.25, 0.3) is 11.8 Å². The normalized spacial score (nSPS) is 10.1. The molecule has 0 atom stereocenters. The van der Waals surface area contributed by atoms with Crippen molar-refractivity contribution in [2.45, 2.75) is 0 Å². The van der Waals surface area contributed by atoms with Crippen LogP contribution in [0.3, 0.4) is 0 Å². The molecule has 0 saturated heterocycles. The predicted molar refractivity (Wildman–Crippen MR) is 67.3 cm³/mol. The summed E-state index contributed by atoms with van der Waals surface area (Å²) in [4.78, 5) is 23.5. The number of benzene rings is 2. The lowest BCUT2D eigenvalue weighted by Gasteiger charge is -2.10. The Bertz CT molecular complexity index is 625. The highest BCUT2D eigenvalue weighted by Crippen LogP contribution is 2.22. The highest BCUT2D eigenvalue weighted by atomic mass is 16.2. The van der Waals surface area contributed by atoms with E-state index in [4.69, 9.17) is 11.7 Å². The molecular formula is C12H12N4O2. The van der Waals surface area contributed by atoms with Gasteiger partial charge in [-0.1, -0.05) is 30.3 Å². The summed E-state index contributed by atoms with van der Waals surface area (Å²) < 4.78 is 0. The molecule has 6 N–H and O–H groups in total. The maximum absolute atomic E-state index is 11.8. The van der Waals surface area contributed by atoms with Crippen LogP contribution in [0.15, 0.2) is 36.4 Å². The van der Waals surface area contributed by atoms with Crippen molar-refractivity contribution in [1.82, 2.24) is 10.9 Å². The molecule has 0 spiro atoms. The van der Waals surface area contributed by atoms with Crippen molar-refractivity contribution >= 4 is 22.6 Å². The Morgan fingerprint density at radius 1 is 0.889 bits per heavy atom. The number of carbonyl (C=O) groups excluding carboxylic acids is 2. The van der Waals surface area contributed by atoms with Crippen molar-refractivity contribution < 1.29 is 9.59 Å². The monoisotopic (exact) mass is 244 g/mol. The van der Waals surface area contributed by atoms with Gasteiger partial charge in [-0.25, -0.2) is 11.7 Å². The first-order valence-electron chi connectivity index (χ1n) is 5.22. The van der Waals surface area contributed by atoms with E-state index in [1.807, 2.05) is 23.0 Å². The lowest BCUT2D eigenvalue weighted by atomic mass is 9.98. The van der Waals surface area contributed by atoms with Crippen LogP contribution < -0.4 is 22.5 Å². The van der Waals surface area contributed by atoms with Crippen LogP contribution in [0.2, 0.25) is 0 Å². The SMILES string of the molecule is NNC(=O)c1ccc2ccccc2c1C(=O)NN. The Hall–Kier alpha value is -2.44. The standard InChI is InChI=1S/C12H12N4O2/c13-15-11(17)9-6-5-7-3-1-2-4-8(7)10(9)12(18)16-14/h1-6H,13-14H2,(H,15,17)(H,16,18). The molecule has 0 heterocycles. The number of nitrogens with two attached hydrogens (primary N) is 2. The van der Waals surface area contributed by atoms with Crippen molar-refractivity contribution in [3.8, 4) is 0 Å². The van der Waals surface area contributed by atoms with Crippen LogP contribution in [0.4, 0.5) is 0 Å². The molecule has 6 nitrogen and oxygen atoms in total. The Balaban J connectivity index is 2.79. The highest BCUT2D eigenvalue weighted by molar-refractivity contribution is 6.15. The van der Waals surface area contributed by atoms with Crippen LogP contribution in [-0.4, -0.2) is 11.8 Å². The van der Waals surface area contributed by atoms with Gasteiger partial charge in [0.15, 0.2) is 0 Å². The van der Waals surface area contributed by atoms with E-state index in [9.17, 15) is 9.59 Å². The van der Waals surface area contributed by atoms with Gasteiger partial charge in [0.05, 0.1) is 11.1 Å². The van der Waals surface area contributed by atoms with Gasteiger partial charge in [0.2, 0.25) is 0 Å². The largest absolute Gasteiger partial charge is 0.290 e. The second-order valence-corrected chi connectivity index (χ2v) is 3.66. The minimum absolute atomic E-state index is 0.180. The fraction of sp³-hybridized carbons (Fsp3) is 0. The first kappa shape index (κ1) is 12.0. The predicted octanol–water partition coefficient (Wildman–Crippen LogP) is 0.0468. The van der Waals surface area contributed by atoms with Gasteiger partial charge in [-0.15, -0.1) is 0 Å². The minimum Gasteiger partial charge on any atom is -0.290 e. The smallest absolute Gasteiger partial charge is 0.266 e. The molecule has 0 aliphatic carbocycles. The molecule has 6 heteroatoms. The van der Waals surface area contributed by atoms with E-state index >= 15 is 0 Å². The van der Waals surface area contributed by atoms with Crippen LogP contribution in [0.25, 0.3) is 10.8 Å². The average molecular weight is 244 g/mol. The molecule has 0 bridgehead atoms. The topological polar surface area (TPSA) is 110 Å².